The molecule has 1 atom stereocenters. The predicted octanol–water partition coefficient (Wildman–Crippen LogP) is 1.97. The molecule has 0 saturated carbocycles. The summed E-state index contributed by atoms with van der Waals surface area (Å²) in [6, 6.07) is 10.8. The Kier molecular flexibility index (Phi) is 10.5. The summed E-state index contributed by atoms with van der Waals surface area (Å²) in [7, 11) is 3.99. The molecule has 0 spiro atoms. The fourth-order valence-electron chi connectivity index (χ4n) is 3.92. The molecular formula is C21H36IN5O. The summed E-state index contributed by atoms with van der Waals surface area (Å²) in [4.78, 5) is 11.8. The molecule has 2 fully saturated rings. The lowest BCUT2D eigenvalue weighted by atomic mass is 10.1. The maximum atomic E-state index is 5.48. The predicted molar refractivity (Wildman–Crippen MR) is 126 cm³/mol. The quantitative estimate of drug-likeness (QED) is 0.352. The molecule has 3 rings (SSSR count). The van der Waals surface area contributed by atoms with E-state index >= 15 is 0 Å². The number of aliphatic imine (C=N–C) groups is 1. The smallest absolute Gasteiger partial charge is 0.193 e. The maximum absolute atomic E-state index is 5.48. The van der Waals surface area contributed by atoms with Gasteiger partial charge in [-0.3, -0.25) is 14.8 Å². The lowest BCUT2D eigenvalue weighted by Crippen LogP contribution is -2.49. The van der Waals surface area contributed by atoms with Gasteiger partial charge in [0.15, 0.2) is 5.96 Å². The summed E-state index contributed by atoms with van der Waals surface area (Å²) >= 11 is 0. The van der Waals surface area contributed by atoms with Crippen LogP contribution in [0.3, 0.4) is 0 Å². The summed E-state index contributed by atoms with van der Waals surface area (Å²) in [5.41, 5.74) is 1.41. The third kappa shape index (κ3) is 7.50. The van der Waals surface area contributed by atoms with Gasteiger partial charge >= 0.3 is 0 Å². The summed E-state index contributed by atoms with van der Waals surface area (Å²) in [6.45, 7) is 10.4. The van der Waals surface area contributed by atoms with Crippen LogP contribution in [-0.2, 0) is 11.3 Å². The van der Waals surface area contributed by atoms with Crippen LogP contribution in [0.25, 0.3) is 0 Å². The SMILES string of the molecule is CN=C(NCCN1CCN(Cc2ccccc2)CC1)N(C)CC1CCOC1.I. The molecule has 0 aromatic heterocycles. The number of nitrogens with one attached hydrogen (secondary N) is 1. The molecule has 28 heavy (non-hydrogen) atoms. The van der Waals surface area contributed by atoms with Gasteiger partial charge in [-0.2, -0.15) is 0 Å². The standard InChI is InChI=1S/C21H35N5O.HI/c1-22-21(24(2)16-20-8-15-27-18-20)23-9-10-25-11-13-26(14-12-25)17-19-6-4-3-5-7-19;/h3-7,20H,8-18H2,1-2H3,(H,22,23);1H. The molecule has 0 amide bonds. The first-order valence-corrected chi connectivity index (χ1v) is 10.2. The molecule has 2 heterocycles. The Bertz CT molecular complexity index is 571. The van der Waals surface area contributed by atoms with E-state index in [9.17, 15) is 0 Å². The number of hydrogen-bond donors (Lipinski definition) is 1. The van der Waals surface area contributed by atoms with E-state index in [2.05, 4.69) is 62.4 Å². The monoisotopic (exact) mass is 501 g/mol. The third-order valence-corrected chi connectivity index (χ3v) is 5.55. The van der Waals surface area contributed by atoms with Crippen LogP contribution in [0.15, 0.2) is 35.3 Å². The first-order chi connectivity index (χ1) is 13.2. The number of rotatable bonds is 7. The van der Waals surface area contributed by atoms with Crippen molar-refractivity contribution >= 4 is 29.9 Å². The second-order valence-corrected chi connectivity index (χ2v) is 7.69. The van der Waals surface area contributed by atoms with Gasteiger partial charge < -0.3 is 15.0 Å². The molecule has 1 aromatic rings. The molecule has 0 aliphatic carbocycles. The van der Waals surface area contributed by atoms with Crippen LogP contribution in [0.5, 0.6) is 0 Å². The summed E-state index contributed by atoms with van der Waals surface area (Å²) < 4.78 is 5.48. The van der Waals surface area contributed by atoms with Crippen LogP contribution in [0, 0.1) is 5.92 Å². The molecule has 7 heteroatoms. The molecule has 1 N–H and O–H groups in total. The van der Waals surface area contributed by atoms with Crippen molar-refractivity contribution < 1.29 is 4.74 Å². The molecule has 158 valence electrons. The molecule has 1 aromatic carbocycles. The van der Waals surface area contributed by atoms with Crippen molar-refractivity contribution in [2.24, 2.45) is 10.9 Å². The highest BCUT2D eigenvalue weighted by molar-refractivity contribution is 14.0. The Morgan fingerprint density at radius 2 is 1.89 bits per heavy atom. The lowest BCUT2D eigenvalue weighted by Gasteiger charge is -2.35. The number of hydrogen-bond acceptors (Lipinski definition) is 4. The van der Waals surface area contributed by atoms with Crippen molar-refractivity contribution in [2.45, 2.75) is 13.0 Å². The van der Waals surface area contributed by atoms with Crippen molar-refractivity contribution in [2.75, 3.05) is 73.1 Å². The molecule has 6 nitrogen and oxygen atoms in total. The molecule has 2 aliphatic heterocycles. The van der Waals surface area contributed by atoms with Gasteiger partial charge in [-0.1, -0.05) is 30.3 Å². The van der Waals surface area contributed by atoms with Crippen LogP contribution in [-0.4, -0.2) is 93.8 Å². The number of nitrogens with zero attached hydrogens (tertiary/aromatic N) is 4. The van der Waals surface area contributed by atoms with Crippen LogP contribution >= 0.6 is 24.0 Å². The van der Waals surface area contributed by atoms with Gasteiger partial charge in [0.1, 0.15) is 0 Å². The minimum Gasteiger partial charge on any atom is -0.381 e. The second kappa shape index (κ2) is 12.6. The molecule has 2 saturated heterocycles. The van der Waals surface area contributed by atoms with Crippen molar-refractivity contribution in [3.63, 3.8) is 0 Å². The highest BCUT2D eigenvalue weighted by atomic mass is 127. The third-order valence-electron chi connectivity index (χ3n) is 5.55. The topological polar surface area (TPSA) is 43.3 Å². The largest absolute Gasteiger partial charge is 0.381 e. The van der Waals surface area contributed by atoms with E-state index in [-0.39, 0.29) is 24.0 Å². The summed E-state index contributed by atoms with van der Waals surface area (Å²) in [5, 5.41) is 3.52. The van der Waals surface area contributed by atoms with Crippen molar-refractivity contribution in [3.05, 3.63) is 35.9 Å². The normalized spacial score (nSPS) is 21.4. The zero-order valence-electron chi connectivity index (χ0n) is 17.3. The average molecular weight is 501 g/mol. The first kappa shape index (κ1) is 23.4. The van der Waals surface area contributed by atoms with Crippen LogP contribution < -0.4 is 5.32 Å². The fraction of sp³-hybridized carbons (Fsp3) is 0.667. The van der Waals surface area contributed by atoms with Gasteiger partial charge in [-0.15, -0.1) is 24.0 Å². The minimum absolute atomic E-state index is 0. The number of ether oxygens (including phenoxy) is 1. The zero-order chi connectivity index (χ0) is 18.9. The van der Waals surface area contributed by atoms with Crippen LogP contribution in [0.2, 0.25) is 0 Å². The zero-order valence-corrected chi connectivity index (χ0v) is 19.7. The molecular weight excluding hydrogens is 465 g/mol. The van der Waals surface area contributed by atoms with E-state index < -0.39 is 0 Å². The van der Waals surface area contributed by atoms with E-state index in [1.807, 2.05) is 7.05 Å². The summed E-state index contributed by atoms with van der Waals surface area (Å²) in [5.74, 6) is 1.62. The molecule has 0 bridgehead atoms. The van der Waals surface area contributed by atoms with Gasteiger partial charge in [0.2, 0.25) is 0 Å². The van der Waals surface area contributed by atoms with E-state index in [1.165, 1.54) is 5.56 Å². The van der Waals surface area contributed by atoms with E-state index in [1.54, 1.807) is 0 Å². The highest BCUT2D eigenvalue weighted by Gasteiger charge is 2.20. The first-order valence-electron chi connectivity index (χ1n) is 10.2. The van der Waals surface area contributed by atoms with Crippen LogP contribution in [0.4, 0.5) is 0 Å². The number of guanidine groups is 1. The minimum atomic E-state index is 0. The Morgan fingerprint density at radius 3 is 2.54 bits per heavy atom. The molecule has 2 aliphatic rings. The van der Waals surface area contributed by atoms with Crippen molar-refractivity contribution in [3.8, 4) is 0 Å². The highest BCUT2D eigenvalue weighted by Crippen LogP contribution is 2.13. The van der Waals surface area contributed by atoms with Gasteiger partial charge in [0, 0.05) is 79.0 Å². The number of halogens is 1. The maximum Gasteiger partial charge on any atom is 0.193 e. The van der Waals surface area contributed by atoms with E-state index in [0.29, 0.717) is 5.92 Å². The van der Waals surface area contributed by atoms with Crippen LogP contribution in [0.1, 0.15) is 12.0 Å². The second-order valence-electron chi connectivity index (χ2n) is 7.69. The van der Waals surface area contributed by atoms with E-state index in [0.717, 1.165) is 78.0 Å². The van der Waals surface area contributed by atoms with Crippen molar-refractivity contribution in [1.82, 2.24) is 20.0 Å². The molecule has 0 radical (unpaired) electrons. The Morgan fingerprint density at radius 1 is 1.18 bits per heavy atom. The lowest BCUT2D eigenvalue weighted by molar-refractivity contribution is 0.128. The summed E-state index contributed by atoms with van der Waals surface area (Å²) in [6.07, 6.45) is 1.16. The van der Waals surface area contributed by atoms with E-state index in [4.69, 9.17) is 4.74 Å². The average Bonchev–Trinajstić information content (AvgIpc) is 3.20. The van der Waals surface area contributed by atoms with Gasteiger partial charge in [-0.05, 0) is 12.0 Å². The molecule has 1 unspecified atom stereocenters. The Labute approximate surface area is 187 Å². The van der Waals surface area contributed by atoms with Crippen molar-refractivity contribution in [1.29, 1.82) is 0 Å². The van der Waals surface area contributed by atoms with Gasteiger partial charge in [0.05, 0.1) is 6.61 Å². The number of piperazine rings is 1. The number of benzene rings is 1. The Balaban J connectivity index is 0.00000280. The van der Waals surface area contributed by atoms with Gasteiger partial charge in [0.25, 0.3) is 0 Å². The fourth-order valence-corrected chi connectivity index (χ4v) is 3.92. The Hall–Kier alpha value is -0.900. The van der Waals surface area contributed by atoms with Gasteiger partial charge in [-0.25, -0.2) is 0 Å².